The molecule has 4 heteroatoms. The molecule has 0 saturated heterocycles. The molecule has 0 fully saturated rings. The minimum absolute atomic E-state index is 0.172. The van der Waals surface area contributed by atoms with Gasteiger partial charge in [-0.15, -0.1) is 0 Å². The molecule has 2 heterocycles. The van der Waals surface area contributed by atoms with Crippen LogP contribution in [0.15, 0.2) is 41.3 Å². The van der Waals surface area contributed by atoms with Gasteiger partial charge in [0.15, 0.2) is 0 Å². The number of carbonyl (C=O) groups excluding carboxylic acids is 1. The Hall–Kier alpha value is -2.88. The van der Waals surface area contributed by atoms with Gasteiger partial charge in [0.05, 0.1) is 11.6 Å². The molecule has 4 rings (SSSR count). The molecule has 1 aliphatic heterocycles. The molecule has 0 spiro atoms. The van der Waals surface area contributed by atoms with Gasteiger partial charge in [-0.05, 0) is 74.4 Å². The van der Waals surface area contributed by atoms with Gasteiger partial charge in [0, 0.05) is 18.1 Å². The third-order valence-electron chi connectivity index (χ3n) is 5.97. The highest BCUT2D eigenvalue weighted by Crippen LogP contribution is 2.24. The lowest BCUT2D eigenvalue weighted by atomic mass is 9.96. The van der Waals surface area contributed by atoms with Crippen molar-refractivity contribution in [3.63, 3.8) is 0 Å². The minimum atomic E-state index is -0.309. The summed E-state index contributed by atoms with van der Waals surface area (Å²) in [6.07, 6.45) is 3.74. The van der Waals surface area contributed by atoms with E-state index in [-0.39, 0.29) is 22.9 Å². The Morgan fingerprint density at radius 1 is 1.11 bits per heavy atom. The second kappa shape index (κ2) is 6.93. The number of nitrogens with one attached hydrogen (secondary N) is 1. The molecule has 28 heavy (non-hydrogen) atoms. The lowest BCUT2D eigenvalue weighted by Crippen LogP contribution is -2.32. The molecule has 144 valence electrons. The molecule has 0 radical (unpaired) electrons. The maximum atomic E-state index is 13.0. The topological polar surface area (TPSA) is 51.1 Å². The normalized spacial score (nSPS) is 14.1. The van der Waals surface area contributed by atoms with E-state index in [4.69, 9.17) is 0 Å². The van der Waals surface area contributed by atoms with Crippen LogP contribution in [0.3, 0.4) is 0 Å². The van der Waals surface area contributed by atoms with Crippen molar-refractivity contribution in [2.24, 2.45) is 0 Å². The zero-order valence-corrected chi connectivity index (χ0v) is 16.9. The molecule has 2 aromatic carbocycles. The summed E-state index contributed by atoms with van der Waals surface area (Å²) in [6.45, 7) is 9.02. The van der Waals surface area contributed by atoms with Crippen LogP contribution in [0.1, 0.15) is 57.6 Å². The second-order valence-corrected chi connectivity index (χ2v) is 7.97. The van der Waals surface area contributed by atoms with Crippen molar-refractivity contribution in [2.45, 2.75) is 53.1 Å². The summed E-state index contributed by atoms with van der Waals surface area (Å²) >= 11 is 0. The van der Waals surface area contributed by atoms with E-state index in [9.17, 15) is 9.59 Å². The van der Waals surface area contributed by atoms with Crippen LogP contribution >= 0.6 is 0 Å². The summed E-state index contributed by atoms with van der Waals surface area (Å²) in [4.78, 5) is 26.0. The van der Waals surface area contributed by atoms with Crippen molar-refractivity contribution in [1.29, 1.82) is 0 Å². The zero-order chi connectivity index (χ0) is 20.0. The number of pyridine rings is 1. The van der Waals surface area contributed by atoms with Crippen molar-refractivity contribution in [3.8, 4) is 0 Å². The average Bonchev–Trinajstić information content (AvgIpc) is 2.67. The monoisotopic (exact) mass is 374 g/mol. The van der Waals surface area contributed by atoms with E-state index in [0.717, 1.165) is 36.0 Å². The lowest BCUT2D eigenvalue weighted by Gasteiger charge is -2.22. The summed E-state index contributed by atoms with van der Waals surface area (Å²) in [6, 6.07) is 9.91. The lowest BCUT2D eigenvalue weighted by molar-refractivity contribution is 0.0938. The van der Waals surface area contributed by atoms with Gasteiger partial charge in [-0.3, -0.25) is 9.59 Å². The largest absolute Gasteiger partial charge is 0.346 e. The zero-order valence-electron chi connectivity index (χ0n) is 16.9. The Labute approximate surface area is 165 Å². The fraction of sp³-hybridized carbons (Fsp3) is 0.333. The molecular formula is C24H26N2O2. The number of carbonyl (C=O) groups is 1. The van der Waals surface area contributed by atoms with Gasteiger partial charge in [0.1, 0.15) is 5.56 Å². The number of rotatable bonds is 3. The first-order chi connectivity index (χ1) is 13.4. The Morgan fingerprint density at radius 2 is 1.86 bits per heavy atom. The molecule has 3 aromatic rings. The molecule has 1 N–H and O–H groups in total. The van der Waals surface area contributed by atoms with Crippen LogP contribution in [0.5, 0.6) is 0 Å². The van der Waals surface area contributed by atoms with Crippen molar-refractivity contribution >= 4 is 16.8 Å². The quantitative estimate of drug-likeness (QED) is 0.740. The third kappa shape index (κ3) is 3.03. The number of amides is 1. The fourth-order valence-corrected chi connectivity index (χ4v) is 4.32. The minimum Gasteiger partial charge on any atom is -0.346 e. The van der Waals surface area contributed by atoms with Crippen molar-refractivity contribution in [2.75, 3.05) is 0 Å². The number of hydrogen-bond acceptors (Lipinski definition) is 2. The first-order valence-electron chi connectivity index (χ1n) is 9.90. The van der Waals surface area contributed by atoms with Gasteiger partial charge in [-0.25, -0.2) is 0 Å². The molecule has 1 atom stereocenters. The Kier molecular flexibility index (Phi) is 4.58. The van der Waals surface area contributed by atoms with Crippen molar-refractivity contribution in [1.82, 2.24) is 9.88 Å². The maximum Gasteiger partial charge on any atom is 0.257 e. The summed E-state index contributed by atoms with van der Waals surface area (Å²) in [5.41, 5.74) is 6.87. The maximum absolute atomic E-state index is 13.0. The molecule has 1 aromatic heterocycles. The molecule has 4 nitrogen and oxygen atoms in total. The molecule has 1 unspecified atom stereocenters. The predicted molar refractivity (Wildman–Crippen MR) is 113 cm³/mol. The third-order valence-corrected chi connectivity index (χ3v) is 5.97. The summed E-state index contributed by atoms with van der Waals surface area (Å²) < 4.78 is 2.07. The van der Waals surface area contributed by atoms with Crippen LogP contribution in [0.4, 0.5) is 0 Å². The Morgan fingerprint density at radius 3 is 2.64 bits per heavy atom. The van der Waals surface area contributed by atoms with E-state index >= 15 is 0 Å². The van der Waals surface area contributed by atoms with Gasteiger partial charge in [-0.1, -0.05) is 24.3 Å². The van der Waals surface area contributed by atoms with Crippen LogP contribution in [0.25, 0.3) is 10.9 Å². The highest BCUT2D eigenvalue weighted by atomic mass is 16.2. The summed E-state index contributed by atoms with van der Waals surface area (Å²) in [5, 5.41) is 3.68. The molecule has 1 amide bonds. The standard InChI is InChI=1S/C24H26N2O2/c1-14-11-16(3)20(12-15(14)2)17(4)25-24(28)21-13-26-10-6-8-18-7-5-9-19(22(18)26)23(21)27/h5,7,9,11-13,17H,6,8,10H2,1-4H3,(H,25,28). The van der Waals surface area contributed by atoms with Gasteiger partial charge >= 0.3 is 0 Å². The smallest absolute Gasteiger partial charge is 0.257 e. The number of aromatic nitrogens is 1. The van der Waals surface area contributed by atoms with Crippen LogP contribution in [-0.2, 0) is 13.0 Å². The Balaban J connectivity index is 1.71. The first kappa shape index (κ1) is 18.5. The number of nitrogens with zero attached hydrogens (tertiary/aromatic N) is 1. The van der Waals surface area contributed by atoms with Gasteiger partial charge in [0.2, 0.25) is 5.43 Å². The van der Waals surface area contributed by atoms with Gasteiger partial charge in [0.25, 0.3) is 5.91 Å². The molecule has 1 aliphatic rings. The van der Waals surface area contributed by atoms with Crippen LogP contribution in [0, 0.1) is 20.8 Å². The van der Waals surface area contributed by atoms with E-state index in [1.54, 1.807) is 6.20 Å². The molecule has 0 saturated carbocycles. The molecule has 0 aliphatic carbocycles. The summed E-state index contributed by atoms with van der Waals surface area (Å²) in [7, 11) is 0. The number of aryl methyl sites for hydroxylation is 5. The van der Waals surface area contributed by atoms with E-state index in [1.807, 2.05) is 19.1 Å². The summed E-state index contributed by atoms with van der Waals surface area (Å²) in [5.74, 6) is -0.309. The van der Waals surface area contributed by atoms with Crippen LogP contribution in [0.2, 0.25) is 0 Å². The molecule has 0 bridgehead atoms. The number of para-hydroxylation sites is 1. The fourth-order valence-electron chi connectivity index (χ4n) is 4.32. The SMILES string of the molecule is Cc1cc(C)c(C(C)NC(=O)c2cn3c4c(cccc4c2=O)CCC3)cc1C. The van der Waals surface area contributed by atoms with Gasteiger partial charge in [-0.2, -0.15) is 0 Å². The second-order valence-electron chi connectivity index (χ2n) is 7.97. The number of benzene rings is 2. The predicted octanol–water partition coefficient (Wildman–Crippen LogP) is 4.36. The van der Waals surface area contributed by atoms with Gasteiger partial charge < -0.3 is 9.88 Å². The van der Waals surface area contributed by atoms with Crippen molar-refractivity contribution < 1.29 is 4.79 Å². The van der Waals surface area contributed by atoms with E-state index in [2.05, 4.69) is 48.9 Å². The average molecular weight is 374 g/mol. The number of hydrogen-bond donors (Lipinski definition) is 1. The van der Waals surface area contributed by atoms with Crippen LogP contribution in [-0.4, -0.2) is 10.5 Å². The highest BCUT2D eigenvalue weighted by molar-refractivity contribution is 5.98. The van der Waals surface area contributed by atoms with E-state index in [0.29, 0.717) is 5.39 Å². The molecular weight excluding hydrogens is 348 g/mol. The highest BCUT2D eigenvalue weighted by Gasteiger charge is 2.21. The van der Waals surface area contributed by atoms with E-state index in [1.165, 1.54) is 16.7 Å². The van der Waals surface area contributed by atoms with Crippen LogP contribution < -0.4 is 10.7 Å². The van der Waals surface area contributed by atoms with E-state index < -0.39 is 0 Å². The van der Waals surface area contributed by atoms with Crippen molar-refractivity contribution in [3.05, 3.63) is 80.1 Å². The first-order valence-corrected chi connectivity index (χ1v) is 9.90. The Bertz CT molecular complexity index is 1160.